The van der Waals surface area contributed by atoms with Crippen molar-refractivity contribution in [1.82, 2.24) is 45.6 Å². The first kappa shape index (κ1) is 111. The topological polar surface area (TPSA) is 321 Å². The molecule has 0 unspecified atom stereocenters. The number of halogens is 9. The molecule has 39 heteroatoms. The molecular formula is C99H123F9N9O18V3-3. The summed E-state index contributed by atoms with van der Waals surface area (Å²) in [5.41, 5.74) is -5.79. The molecule has 27 nitrogen and oxygen atoms in total. The van der Waals surface area contributed by atoms with E-state index in [1.807, 2.05) is 18.9 Å². The first-order valence-corrected chi connectivity index (χ1v) is 46.9. The zero-order chi connectivity index (χ0) is 98.3. The third-order valence-electron chi connectivity index (χ3n) is 28.3. The van der Waals surface area contributed by atoms with Crippen molar-refractivity contribution in [3.05, 3.63) is 88.7 Å². The minimum absolute atomic E-state index is 0. The van der Waals surface area contributed by atoms with Gasteiger partial charge >= 0.3 is 18.3 Å². The van der Waals surface area contributed by atoms with E-state index in [-0.39, 0.29) is 151 Å². The van der Waals surface area contributed by atoms with Crippen molar-refractivity contribution in [1.29, 1.82) is 0 Å². The average molecular weight is 2050 g/mol. The molecule has 138 heavy (non-hydrogen) atoms. The number of pyridine rings is 3. The Labute approximate surface area is 833 Å². The van der Waals surface area contributed by atoms with Gasteiger partial charge in [-0.05, 0) is 160 Å². The number of alkyl carbamates (subject to hydrolysis) is 3. The number of carbonyl (C=O) groups is 6. The van der Waals surface area contributed by atoms with E-state index >= 15 is 39.5 Å². The smallest absolute Gasteiger partial charge is 0.408 e. The summed E-state index contributed by atoms with van der Waals surface area (Å²) in [4.78, 5) is 135. The van der Waals surface area contributed by atoms with Gasteiger partial charge in [-0.2, -0.15) is 0 Å². The predicted octanol–water partition coefficient (Wildman–Crippen LogP) is 18.2. The molecule has 3 aliphatic carbocycles. The second-order valence-corrected chi connectivity index (χ2v) is 40.7. The maximum atomic E-state index is 16.2. The van der Waals surface area contributed by atoms with Crippen LogP contribution in [0.1, 0.15) is 235 Å². The number of ether oxygens (including phenoxy) is 9. The third kappa shape index (κ3) is 24.0. The van der Waals surface area contributed by atoms with Gasteiger partial charge in [-0.25, -0.2) is 87.7 Å². The predicted molar refractivity (Wildman–Crippen MR) is 478 cm³/mol. The third-order valence-corrected chi connectivity index (χ3v) is 28.3. The molecule has 3 aromatic carbocycles. The van der Waals surface area contributed by atoms with Gasteiger partial charge in [0.1, 0.15) is 106 Å². The maximum absolute atomic E-state index is 16.2. The number of hydrogen-bond acceptors (Lipinski definition) is 21. The molecule has 6 bridgehead atoms. The molecule has 6 aromatic rings. The van der Waals surface area contributed by atoms with Gasteiger partial charge in [-0.1, -0.05) is 140 Å². The number of rotatable bonds is 9. The molecule has 6 aliphatic heterocycles. The number of amides is 6. The number of methoxy groups -OCH3 is 3. The van der Waals surface area contributed by atoms with Crippen LogP contribution in [0.2, 0.25) is 0 Å². The average Bonchev–Trinajstić information content (AvgIpc) is 1.34. The summed E-state index contributed by atoms with van der Waals surface area (Å²) in [5.74, 6) is -18.8. The number of fused-ring (bicyclic) bond motifs is 15. The van der Waals surface area contributed by atoms with Gasteiger partial charge in [0, 0.05) is 115 Å². The fraction of sp³-hybridized carbons (Fsp3) is 0.636. The maximum Gasteiger partial charge on any atom is 0.408 e. The van der Waals surface area contributed by atoms with Crippen molar-refractivity contribution in [3.8, 4) is 34.9 Å². The van der Waals surface area contributed by atoms with Crippen molar-refractivity contribution in [2.45, 2.75) is 309 Å². The second kappa shape index (κ2) is 44.7. The SMILES string of the molecule is CC[C@@H]1[C@@H]2CN(C(=O)[C@H](C(C)(C)C)NC(=O)O[C@@H]3CCC[C@H]3CCCCC(F)(F)c3c(nc4cc(OC)ccc4c3F)O2)[C@@H]1[C-]=O.CC[C@@H]1[C@@H]2CN(C(=O)[C@H](C(C)(C)C)NC(=O)O[C@@H]3C[C@H]3CCCCC(F)(F)c3c(nc4cc(OC)ccc4c3F)O2)[C@@H]1[C-]=O.CC[C@@H]1[C@@H]2CN(C(=O)[C@H](C(C)(C)C)NC(=O)O[C@]3(C)C[C@H]3CCCCC(F)(F)c3c(nc4cc(OC)ccc4c3F)O2)[C@@H]1[C-]=O.[V].[V].[V]. The van der Waals surface area contributed by atoms with Crippen molar-refractivity contribution in [3.63, 3.8) is 0 Å². The Balaban J connectivity index is 0.000000211. The Bertz CT molecular complexity index is 5420. The molecule has 3 radical (unpaired) electrons. The van der Waals surface area contributed by atoms with Crippen LogP contribution in [0, 0.1) is 69.2 Å². The number of nitrogens with one attached hydrogen (secondary N) is 3. The second-order valence-electron chi connectivity index (χ2n) is 40.7. The zero-order valence-electron chi connectivity index (χ0n) is 80.5. The van der Waals surface area contributed by atoms with E-state index in [0.29, 0.717) is 94.3 Å². The van der Waals surface area contributed by atoms with Gasteiger partial charge in [-0.3, -0.25) is 14.4 Å². The Morgan fingerprint density at radius 2 is 0.732 bits per heavy atom. The number of carbonyl (C=O) groups excluding carboxylic acids is 9. The standard InChI is InChI=1S/C34H43F3N3O6.C33H41F3N3O6.C32H39F3N3O6.3V/c1-6-21-24(18-41)40-17-26(21)45-30-27(28(35)22-14-13-20(44-5)16-23(22)38-30)34(36,37)15-8-7-10-19-11-9-12-25(19)46-32(43)39-29(31(40)42)33(2,3)4;1-7-20-23(17-40)39-16-24(20)44-28-25(26(34)21-12-11-19(43-6)14-22(21)37-28)33(35,36)13-9-8-10-18-15-32(18,5)45-30(42)38-27(29(39)41)31(2,3)4;1-6-19-22(16-39)38-15-24(19)43-28-25(26(33)20-11-10-18(42-5)14-21(20)36-28)32(34,35)12-8-7-9-17-13-23(17)44-30(41)37-27(29(38)40)31(2,3)4;;;/h13-14,16,19,21,24-26,29H,6-12,15,17H2,1-5H3,(H,39,43);11-12,14,18,20,23-24,27H,7-10,13,15-16H2,1-6H3,(H,38,42);10-11,14,17,19,22-24,27H,6-9,12-13,15H2,1-5H3,(H,37,41);;;/q3*-1;;;/t19-,21+,24-,25-,26+,29-;18-,20+,23-,24+,27-,32-;17-,19+,22-,23-,24+,27-;;;/m111.../s1. The molecule has 6 amide bonds. The molecule has 753 valence electrons. The molecule has 0 spiro atoms. The molecule has 9 aliphatic rings. The molecular weight excluding hydrogens is 1930 g/mol. The Morgan fingerprint density at radius 1 is 0.420 bits per heavy atom. The molecule has 3 saturated carbocycles. The Kier molecular flexibility index (Phi) is 36.0. The van der Waals surface area contributed by atoms with Gasteiger partial charge in [-0.15, -0.1) is 0 Å². The van der Waals surface area contributed by atoms with Crippen LogP contribution in [0.25, 0.3) is 32.7 Å². The quantitative estimate of drug-likeness (QED) is 0.0688. The minimum Gasteiger partial charge on any atom is -0.540 e. The van der Waals surface area contributed by atoms with Crippen LogP contribution in [0.5, 0.6) is 34.9 Å². The fourth-order valence-corrected chi connectivity index (χ4v) is 20.3. The zero-order valence-corrected chi connectivity index (χ0v) is 84.7. The van der Waals surface area contributed by atoms with Crippen LogP contribution in [0.15, 0.2) is 54.6 Å². The molecule has 3 N–H and O–H groups in total. The Morgan fingerprint density at radius 3 is 1.05 bits per heavy atom. The van der Waals surface area contributed by atoms with Gasteiger partial charge < -0.3 is 87.7 Å². The summed E-state index contributed by atoms with van der Waals surface area (Å²) in [6.45, 7) is 22.5. The molecule has 15 rings (SSSR count). The van der Waals surface area contributed by atoms with Crippen molar-refractivity contribution < 1.29 is 181 Å². The summed E-state index contributed by atoms with van der Waals surface area (Å²) in [6, 6.07) is 6.23. The fourth-order valence-electron chi connectivity index (χ4n) is 20.3. The first-order valence-electron chi connectivity index (χ1n) is 46.9. The largest absolute Gasteiger partial charge is 0.540 e. The molecule has 3 aromatic heterocycles. The van der Waals surface area contributed by atoms with Crippen molar-refractivity contribution in [2.75, 3.05) is 41.0 Å². The van der Waals surface area contributed by atoms with Crippen LogP contribution < -0.4 is 44.4 Å². The molecule has 6 fully saturated rings. The van der Waals surface area contributed by atoms with Crippen molar-refractivity contribution >= 4 is 87.6 Å². The summed E-state index contributed by atoms with van der Waals surface area (Å²) in [7, 11) is 4.27. The van der Waals surface area contributed by atoms with Crippen LogP contribution in [0.3, 0.4) is 0 Å². The van der Waals surface area contributed by atoms with E-state index in [9.17, 15) is 43.2 Å². The van der Waals surface area contributed by atoms with Gasteiger partial charge in [0.15, 0.2) is 0 Å². The first-order chi connectivity index (χ1) is 63.7. The van der Waals surface area contributed by atoms with Crippen molar-refractivity contribution in [2.24, 2.45) is 51.8 Å². The van der Waals surface area contributed by atoms with E-state index in [4.69, 9.17) is 42.6 Å². The van der Waals surface area contributed by atoms with Gasteiger partial charge in [0.05, 0.1) is 57.5 Å². The van der Waals surface area contributed by atoms with Crippen LogP contribution in [-0.2, 0) is 116 Å². The molecule has 3 saturated heterocycles. The van der Waals surface area contributed by atoms with Gasteiger partial charge in [0.25, 0.3) is 17.8 Å². The van der Waals surface area contributed by atoms with E-state index in [1.165, 1.54) is 90.6 Å². The normalized spacial score (nSPS) is 29.0. The molecule has 18 atom stereocenters. The van der Waals surface area contributed by atoms with E-state index in [2.05, 4.69) is 30.9 Å². The number of alkyl halides is 6. The van der Waals surface area contributed by atoms with E-state index in [0.717, 1.165) is 12.8 Å². The summed E-state index contributed by atoms with van der Waals surface area (Å²) >= 11 is 0. The molecule has 9 heterocycles. The van der Waals surface area contributed by atoms with E-state index < -0.39 is 225 Å². The number of hydrogen-bond donors (Lipinski definition) is 3. The monoisotopic (exact) mass is 2050 g/mol. The van der Waals surface area contributed by atoms with Crippen LogP contribution >= 0.6 is 0 Å². The summed E-state index contributed by atoms with van der Waals surface area (Å²) in [5, 5.41) is 7.86. The van der Waals surface area contributed by atoms with E-state index in [1.54, 1.807) is 90.0 Å². The van der Waals surface area contributed by atoms with Crippen LogP contribution in [0.4, 0.5) is 53.9 Å². The summed E-state index contributed by atoms with van der Waals surface area (Å²) < 4.78 is 196. The number of nitrogens with zero attached hydrogens (tertiary/aromatic N) is 6. The van der Waals surface area contributed by atoms with Crippen LogP contribution in [-0.4, -0.2) is 198 Å². The van der Waals surface area contributed by atoms with Gasteiger partial charge in [0.2, 0.25) is 35.4 Å². The number of benzene rings is 3. The number of aromatic nitrogens is 3. The summed E-state index contributed by atoms with van der Waals surface area (Å²) in [6.07, 6.45) is 5.38. The Hall–Kier alpha value is -8.96. The minimum atomic E-state index is -3.64.